The molecule has 0 bridgehead atoms. The molecule has 0 radical (unpaired) electrons. The number of aromatic nitrogens is 2. The van der Waals surface area contributed by atoms with Crippen LogP contribution in [0.15, 0.2) is 59.4 Å². The number of rotatable bonds is 12. The lowest BCUT2D eigenvalue weighted by Crippen LogP contribution is -2.44. The Hall–Kier alpha value is -3.82. The molecule has 1 heterocycles. The molecule has 9 nitrogen and oxygen atoms in total. The molecule has 0 aliphatic heterocycles. The highest BCUT2D eigenvalue weighted by atomic mass is 16.5. The molecule has 0 aliphatic carbocycles. The molecule has 0 saturated heterocycles. The van der Waals surface area contributed by atoms with E-state index in [1.54, 1.807) is 11.8 Å². The minimum atomic E-state index is -0.558. The summed E-state index contributed by atoms with van der Waals surface area (Å²) in [6.45, 7) is 8.56. The predicted molar refractivity (Wildman–Crippen MR) is 152 cm³/mol. The minimum Gasteiger partial charge on any atom is -0.364 e. The first-order valence-electron chi connectivity index (χ1n) is 13.2. The van der Waals surface area contributed by atoms with Gasteiger partial charge < -0.3 is 20.7 Å². The molecule has 0 fully saturated rings. The van der Waals surface area contributed by atoms with Crippen molar-refractivity contribution in [3.05, 3.63) is 98.7 Å². The van der Waals surface area contributed by atoms with E-state index in [1.807, 2.05) is 75.4 Å². The van der Waals surface area contributed by atoms with E-state index in [4.69, 9.17) is 15.5 Å². The lowest BCUT2D eigenvalue weighted by molar-refractivity contribution is 0.0600. The Bertz CT molecular complexity index is 1320. The van der Waals surface area contributed by atoms with Crippen LogP contribution in [0.4, 0.5) is 0 Å². The van der Waals surface area contributed by atoms with Gasteiger partial charge in [0, 0.05) is 19.2 Å². The normalized spacial score (nSPS) is 11.9. The molecule has 0 aliphatic rings. The third kappa shape index (κ3) is 7.19. The van der Waals surface area contributed by atoms with Crippen LogP contribution in [0.2, 0.25) is 0 Å². The second-order valence-electron chi connectivity index (χ2n) is 9.94. The number of nitrogens with zero attached hydrogens (tertiary/aromatic N) is 3. The number of carbonyl (C=O) groups excluding carboxylic acids is 2. The van der Waals surface area contributed by atoms with Crippen molar-refractivity contribution in [3.8, 4) is 0 Å². The van der Waals surface area contributed by atoms with E-state index in [1.165, 1.54) is 11.7 Å². The van der Waals surface area contributed by atoms with E-state index >= 15 is 0 Å². The van der Waals surface area contributed by atoms with Gasteiger partial charge in [0.2, 0.25) is 0 Å². The quantitative estimate of drug-likeness (QED) is 0.344. The van der Waals surface area contributed by atoms with Crippen LogP contribution in [0.5, 0.6) is 0 Å². The highest BCUT2D eigenvalue weighted by Gasteiger charge is 2.33. The molecule has 3 rings (SSSR count). The van der Waals surface area contributed by atoms with Crippen molar-refractivity contribution >= 4 is 11.8 Å². The van der Waals surface area contributed by atoms with Crippen LogP contribution < -0.4 is 16.6 Å². The number of methoxy groups -OCH3 is 1. The van der Waals surface area contributed by atoms with Crippen LogP contribution in [0.3, 0.4) is 0 Å². The first-order chi connectivity index (χ1) is 18.7. The van der Waals surface area contributed by atoms with Crippen molar-refractivity contribution in [1.29, 1.82) is 0 Å². The molecule has 1 atom stereocenters. The van der Waals surface area contributed by atoms with Crippen LogP contribution in [0.25, 0.3) is 0 Å². The fourth-order valence-electron chi connectivity index (χ4n) is 4.60. The van der Waals surface area contributed by atoms with E-state index in [0.29, 0.717) is 36.6 Å². The van der Waals surface area contributed by atoms with Gasteiger partial charge in [-0.25, -0.2) is 4.98 Å². The van der Waals surface area contributed by atoms with Gasteiger partial charge in [0.15, 0.2) is 0 Å². The third-order valence-electron chi connectivity index (χ3n) is 6.56. The van der Waals surface area contributed by atoms with E-state index in [0.717, 1.165) is 11.1 Å². The SMILES string of the molecule is COCNC(=O)c1c(C)nc(C(C(C)C)N(CCCN)C(=O)c2ccc(C)cc2)n(Cc2ccccc2)c1=O. The predicted octanol–water partition coefficient (Wildman–Crippen LogP) is 3.43. The van der Waals surface area contributed by atoms with Crippen molar-refractivity contribution in [2.75, 3.05) is 26.9 Å². The topological polar surface area (TPSA) is 120 Å². The number of hydrogen-bond donors (Lipinski definition) is 2. The number of nitrogens with one attached hydrogen (secondary N) is 1. The van der Waals surface area contributed by atoms with Crippen molar-refractivity contribution in [3.63, 3.8) is 0 Å². The first kappa shape index (κ1) is 29.7. The summed E-state index contributed by atoms with van der Waals surface area (Å²) in [6.07, 6.45) is 0.584. The van der Waals surface area contributed by atoms with Crippen molar-refractivity contribution in [1.82, 2.24) is 19.8 Å². The maximum atomic E-state index is 14.0. The smallest absolute Gasteiger partial charge is 0.267 e. The number of carbonyl (C=O) groups is 2. The van der Waals surface area contributed by atoms with Gasteiger partial charge in [-0.2, -0.15) is 0 Å². The standard InChI is InChI=1S/C30H39N5O4/c1-20(2)26(34(17-9-16-31)29(37)24-14-12-21(3)13-15-24)27-33-22(4)25(28(36)32-19-39-5)30(38)35(27)18-23-10-7-6-8-11-23/h6-8,10-15,20,26H,9,16-19,31H2,1-5H3,(H,32,36). The molecule has 208 valence electrons. The van der Waals surface area contributed by atoms with Gasteiger partial charge >= 0.3 is 0 Å². The number of nitrogens with two attached hydrogens (primary N) is 1. The summed E-state index contributed by atoms with van der Waals surface area (Å²) in [6, 6.07) is 16.4. The fourth-order valence-corrected chi connectivity index (χ4v) is 4.60. The summed E-state index contributed by atoms with van der Waals surface area (Å²) < 4.78 is 6.48. The molecule has 1 unspecified atom stereocenters. The van der Waals surface area contributed by atoms with Crippen molar-refractivity contribution in [2.24, 2.45) is 11.7 Å². The first-order valence-corrected chi connectivity index (χ1v) is 13.2. The summed E-state index contributed by atoms with van der Waals surface area (Å²) in [5, 5.41) is 2.59. The highest BCUT2D eigenvalue weighted by molar-refractivity contribution is 5.95. The zero-order chi connectivity index (χ0) is 28.5. The van der Waals surface area contributed by atoms with Crippen LogP contribution in [-0.4, -0.2) is 53.2 Å². The van der Waals surface area contributed by atoms with Gasteiger partial charge in [-0.3, -0.25) is 19.0 Å². The lowest BCUT2D eigenvalue weighted by atomic mass is 9.98. The number of hydrogen-bond acceptors (Lipinski definition) is 6. The second-order valence-corrected chi connectivity index (χ2v) is 9.94. The molecular formula is C30H39N5O4. The van der Waals surface area contributed by atoms with E-state index in [9.17, 15) is 14.4 Å². The molecule has 39 heavy (non-hydrogen) atoms. The third-order valence-corrected chi connectivity index (χ3v) is 6.56. The largest absolute Gasteiger partial charge is 0.364 e. The lowest BCUT2D eigenvalue weighted by Gasteiger charge is -2.36. The average Bonchev–Trinajstić information content (AvgIpc) is 2.92. The molecule has 0 spiro atoms. The van der Waals surface area contributed by atoms with Crippen molar-refractivity contribution < 1.29 is 14.3 Å². The van der Waals surface area contributed by atoms with E-state index < -0.39 is 17.5 Å². The van der Waals surface area contributed by atoms with Crippen LogP contribution in [-0.2, 0) is 11.3 Å². The summed E-state index contributed by atoms with van der Waals surface area (Å²) >= 11 is 0. The van der Waals surface area contributed by atoms with Gasteiger partial charge in [-0.1, -0.05) is 61.9 Å². The molecule has 2 aromatic carbocycles. The Morgan fingerprint density at radius 1 is 1.08 bits per heavy atom. The van der Waals surface area contributed by atoms with Crippen molar-refractivity contribution in [2.45, 2.75) is 46.7 Å². The Morgan fingerprint density at radius 2 is 1.74 bits per heavy atom. The molecular weight excluding hydrogens is 494 g/mol. The van der Waals surface area contributed by atoms with Crippen LogP contribution in [0.1, 0.15) is 69.7 Å². The summed E-state index contributed by atoms with van der Waals surface area (Å²) in [7, 11) is 1.45. The molecule has 0 saturated carbocycles. The molecule has 3 N–H and O–H groups in total. The number of aryl methyl sites for hydroxylation is 2. The van der Waals surface area contributed by atoms with Crippen LogP contribution >= 0.6 is 0 Å². The zero-order valence-corrected chi connectivity index (χ0v) is 23.4. The van der Waals surface area contributed by atoms with E-state index in [2.05, 4.69) is 5.32 Å². The monoisotopic (exact) mass is 533 g/mol. The summed E-state index contributed by atoms with van der Waals surface area (Å²) in [5.74, 6) is -0.393. The molecule has 3 aromatic rings. The summed E-state index contributed by atoms with van der Waals surface area (Å²) in [4.78, 5) is 47.4. The Balaban J connectivity index is 2.23. The van der Waals surface area contributed by atoms with Gasteiger partial charge in [-0.05, 0) is 50.4 Å². The van der Waals surface area contributed by atoms with Gasteiger partial charge in [0.05, 0.1) is 18.3 Å². The molecule has 9 heteroatoms. The maximum Gasteiger partial charge on any atom is 0.267 e. The zero-order valence-electron chi connectivity index (χ0n) is 23.4. The Kier molecular flexibility index (Phi) is 10.5. The van der Waals surface area contributed by atoms with E-state index in [-0.39, 0.29) is 30.7 Å². The van der Waals surface area contributed by atoms with Gasteiger partial charge in [-0.15, -0.1) is 0 Å². The second kappa shape index (κ2) is 13.8. The average molecular weight is 534 g/mol. The molecule has 1 aromatic heterocycles. The fraction of sp³-hybridized carbons (Fsp3) is 0.400. The van der Waals surface area contributed by atoms with Gasteiger partial charge in [0.1, 0.15) is 18.1 Å². The molecule has 2 amide bonds. The van der Waals surface area contributed by atoms with Gasteiger partial charge in [0.25, 0.3) is 17.4 Å². The summed E-state index contributed by atoms with van der Waals surface area (Å²) in [5.41, 5.74) is 8.11. The highest BCUT2D eigenvalue weighted by Crippen LogP contribution is 2.30. The van der Waals surface area contributed by atoms with Crippen LogP contribution in [0, 0.1) is 19.8 Å². The maximum absolute atomic E-state index is 14.0. The number of benzene rings is 2. The number of ether oxygens (including phenoxy) is 1. The number of amides is 2. The Labute approximate surface area is 230 Å². The Morgan fingerprint density at radius 3 is 2.33 bits per heavy atom. The minimum absolute atomic E-state index is 0.0370.